The van der Waals surface area contributed by atoms with E-state index in [0.717, 1.165) is 38.8 Å². The van der Waals surface area contributed by atoms with Crippen LogP contribution in [0.2, 0.25) is 0 Å². The average Bonchev–Trinajstić information content (AvgIpc) is 2.97. The molecule has 0 aromatic heterocycles. The normalized spacial score (nSPS) is 26.3. The number of likely N-dealkylation sites (tertiary alicyclic amines) is 1. The molecule has 0 aromatic carbocycles. The Hall–Kier alpha value is -0.610. The van der Waals surface area contributed by atoms with Crippen molar-refractivity contribution in [3.05, 3.63) is 0 Å². The molecule has 3 N–H and O–H groups in total. The van der Waals surface area contributed by atoms with E-state index in [2.05, 4.69) is 0 Å². The van der Waals surface area contributed by atoms with Crippen LogP contribution in [0.15, 0.2) is 0 Å². The monoisotopic (exact) mass is 198 g/mol. The highest BCUT2D eigenvalue weighted by molar-refractivity contribution is 5.89. The number of nitrogens with two attached hydrogens (primary N) is 1. The van der Waals surface area contributed by atoms with E-state index in [1.807, 2.05) is 4.90 Å². The highest BCUT2D eigenvalue weighted by Gasteiger charge is 2.48. The van der Waals surface area contributed by atoms with Crippen LogP contribution in [0.4, 0.5) is 0 Å². The van der Waals surface area contributed by atoms with Gasteiger partial charge in [0.1, 0.15) is 0 Å². The SMILES string of the molecule is NC1(C(=O)N2CCC(CO)CC2)CC1. The highest BCUT2D eigenvalue weighted by Crippen LogP contribution is 2.35. The molecule has 0 spiro atoms. The number of aliphatic hydroxyl groups is 1. The van der Waals surface area contributed by atoms with Gasteiger partial charge in [-0.25, -0.2) is 0 Å². The van der Waals surface area contributed by atoms with Crippen LogP contribution in [0, 0.1) is 5.92 Å². The van der Waals surface area contributed by atoms with E-state index in [9.17, 15) is 4.79 Å². The summed E-state index contributed by atoms with van der Waals surface area (Å²) in [7, 11) is 0. The molecule has 14 heavy (non-hydrogen) atoms. The minimum atomic E-state index is -0.522. The number of amides is 1. The van der Waals surface area contributed by atoms with Gasteiger partial charge in [0.05, 0.1) is 5.54 Å². The summed E-state index contributed by atoms with van der Waals surface area (Å²) in [5.41, 5.74) is 5.33. The van der Waals surface area contributed by atoms with Gasteiger partial charge >= 0.3 is 0 Å². The van der Waals surface area contributed by atoms with Crippen LogP contribution in [0.5, 0.6) is 0 Å². The number of carbonyl (C=O) groups excluding carboxylic acids is 1. The van der Waals surface area contributed by atoms with Gasteiger partial charge in [-0.15, -0.1) is 0 Å². The zero-order valence-corrected chi connectivity index (χ0v) is 8.41. The Morgan fingerprint density at radius 1 is 1.43 bits per heavy atom. The summed E-state index contributed by atoms with van der Waals surface area (Å²) < 4.78 is 0. The molecular weight excluding hydrogens is 180 g/mol. The number of hydrogen-bond acceptors (Lipinski definition) is 3. The van der Waals surface area contributed by atoms with Gasteiger partial charge in [-0.3, -0.25) is 4.79 Å². The molecule has 1 aliphatic heterocycles. The van der Waals surface area contributed by atoms with Crippen molar-refractivity contribution in [2.75, 3.05) is 19.7 Å². The van der Waals surface area contributed by atoms with Crippen molar-refractivity contribution in [2.24, 2.45) is 11.7 Å². The minimum Gasteiger partial charge on any atom is -0.396 e. The Balaban J connectivity index is 1.86. The van der Waals surface area contributed by atoms with Crippen LogP contribution in [-0.4, -0.2) is 41.1 Å². The molecule has 2 rings (SSSR count). The maximum absolute atomic E-state index is 11.8. The number of hydrogen-bond donors (Lipinski definition) is 2. The van der Waals surface area contributed by atoms with Crippen LogP contribution in [-0.2, 0) is 4.79 Å². The topological polar surface area (TPSA) is 66.6 Å². The summed E-state index contributed by atoms with van der Waals surface area (Å²) in [5, 5.41) is 8.96. The zero-order chi connectivity index (χ0) is 10.2. The minimum absolute atomic E-state index is 0.119. The van der Waals surface area contributed by atoms with Crippen molar-refractivity contribution in [3.63, 3.8) is 0 Å². The van der Waals surface area contributed by atoms with Crippen LogP contribution in [0.3, 0.4) is 0 Å². The predicted octanol–water partition coefficient (Wildman–Crippen LogP) is -0.291. The molecule has 4 heteroatoms. The molecular formula is C10H18N2O2. The second kappa shape index (κ2) is 3.51. The van der Waals surface area contributed by atoms with Gasteiger partial charge in [0.2, 0.25) is 5.91 Å². The first-order chi connectivity index (χ1) is 6.65. The zero-order valence-electron chi connectivity index (χ0n) is 8.41. The Bertz CT molecular complexity index is 230. The first-order valence-corrected chi connectivity index (χ1v) is 5.35. The molecule has 2 aliphatic rings. The molecule has 2 fully saturated rings. The van der Waals surface area contributed by atoms with E-state index in [1.54, 1.807) is 0 Å². The lowest BCUT2D eigenvalue weighted by Crippen LogP contribution is -2.49. The van der Waals surface area contributed by atoms with E-state index in [-0.39, 0.29) is 12.5 Å². The van der Waals surface area contributed by atoms with Crippen molar-refractivity contribution < 1.29 is 9.90 Å². The predicted molar refractivity (Wildman–Crippen MR) is 52.5 cm³/mol. The highest BCUT2D eigenvalue weighted by atomic mass is 16.3. The number of aliphatic hydroxyl groups excluding tert-OH is 1. The third-order valence-corrected chi connectivity index (χ3v) is 3.37. The lowest BCUT2D eigenvalue weighted by Gasteiger charge is -2.32. The number of nitrogens with zero attached hydrogens (tertiary/aromatic N) is 1. The van der Waals surface area contributed by atoms with Gasteiger partial charge in [-0.2, -0.15) is 0 Å². The summed E-state index contributed by atoms with van der Waals surface area (Å²) in [4.78, 5) is 13.7. The van der Waals surface area contributed by atoms with Gasteiger partial charge in [-0.05, 0) is 31.6 Å². The largest absolute Gasteiger partial charge is 0.396 e. The van der Waals surface area contributed by atoms with Crippen LogP contribution in [0.25, 0.3) is 0 Å². The summed E-state index contributed by atoms with van der Waals surface area (Å²) in [5.74, 6) is 0.501. The molecule has 1 saturated heterocycles. The molecule has 0 atom stereocenters. The van der Waals surface area contributed by atoms with E-state index in [0.29, 0.717) is 5.92 Å². The summed E-state index contributed by atoms with van der Waals surface area (Å²) in [6.45, 7) is 1.78. The van der Waals surface area contributed by atoms with Crippen molar-refractivity contribution in [1.82, 2.24) is 4.90 Å². The van der Waals surface area contributed by atoms with E-state index in [4.69, 9.17) is 10.8 Å². The lowest BCUT2D eigenvalue weighted by molar-refractivity contribution is -0.135. The van der Waals surface area contributed by atoms with Gasteiger partial charge in [0, 0.05) is 19.7 Å². The van der Waals surface area contributed by atoms with Crippen molar-refractivity contribution >= 4 is 5.91 Å². The molecule has 0 unspecified atom stereocenters. The van der Waals surface area contributed by atoms with Crippen molar-refractivity contribution in [2.45, 2.75) is 31.2 Å². The lowest BCUT2D eigenvalue weighted by atomic mass is 9.97. The number of rotatable bonds is 2. The molecule has 0 aromatic rings. The van der Waals surface area contributed by atoms with Gasteiger partial charge < -0.3 is 15.7 Å². The Kier molecular flexibility index (Phi) is 2.49. The fourth-order valence-corrected chi connectivity index (χ4v) is 1.98. The first kappa shape index (κ1) is 9.93. The number of carbonyl (C=O) groups is 1. The third kappa shape index (κ3) is 1.77. The molecule has 0 radical (unpaired) electrons. The van der Waals surface area contributed by atoms with Gasteiger partial charge in [-0.1, -0.05) is 0 Å². The summed E-state index contributed by atoms with van der Waals surface area (Å²) in [6, 6.07) is 0. The van der Waals surface area contributed by atoms with Crippen LogP contribution < -0.4 is 5.73 Å². The standard InChI is InChI=1S/C10H18N2O2/c11-10(3-4-10)9(14)12-5-1-8(7-13)2-6-12/h8,13H,1-7,11H2. The third-order valence-electron chi connectivity index (χ3n) is 3.37. The van der Waals surface area contributed by atoms with Gasteiger partial charge in [0.25, 0.3) is 0 Å². The van der Waals surface area contributed by atoms with E-state index < -0.39 is 5.54 Å². The Morgan fingerprint density at radius 2 is 2.00 bits per heavy atom. The fourth-order valence-electron chi connectivity index (χ4n) is 1.98. The van der Waals surface area contributed by atoms with Crippen molar-refractivity contribution in [3.8, 4) is 0 Å². The van der Waals surface area contributed by atoms with Crippen molar-refractivity contribution in [1.29, 1.82) is 0 Å². The average molecular weight is 198 g/mol. The van der Waals surface area contributed by atoms with E-state index in [1.165, 1.54) is 0 Å². The smallest absolute Gasteiger partial charge is 0.242 e. The summed E-state index contributed by atoms with van der Waals surface area (Å²) in [6.07, 6.45) is 3.51. The first-order valence-electron chi connectivity index (χ1n) is 5.35. The molecule has 1 aliphatic carbocycles. The second-order valence-electron chi connectivity index (χ2n) is 4.57. The van der Waals surface area contributed by atoms with Crippen LogP contribution in [0.1, 0.15) is 25.7 Å². The van der Waals surface area contributed by atoms with Crippen LogP contribution >= 0.6 is 0 Å². The van der Waals surface area contributed by atoms with Gasteiger partial charge in [0.15, 0.2) is 0 Å². The maximum Gasteiger partial charge on any atom is 0.242 e. The fraction of sp³-hybridized carbons (Fsp3) is 0.900. The summed E-state index contributed by atoms with van der Waals surface area (Å²) >= 11 is 0. The molecule has 4 nitrogen and oxygen atoms in total. The molecule has 1 heterocycles. The quantitative estimate of drug-likeness (QED) is 0.640. The maximum atomic E-state index is 11.8. The molecule has 1 saturated carbocycles. The molecule has 1 amide bonds. The second-order valence-corrected chi connectivity index (χ2v) is 4.57. The molecule has 80 valence electrons. The van der Waals surface area contributed by atoms with E-state index >= 15 is 0 Å². The Labute approximate surface area is 84.1 Å². The Morgan fingerprint density at radius 3 is 2.43 bits per heavy atom. The number of piperidine rings is 1. The molecule has 0 bridgehead atoms.